The highest BCUT2D eigenvalue weighted by Crippen LogP contribution is 2.61. The number of carbonyl (C=O) groups excluding carboxylic acids is 1. The maximum absolute atomic E-state index is 11.7. The predicted octanol–water partition coefficient (Wildman–Crippen LogP) is 2.40. The monoisotopic (exact) mass is 192 g/mol. The van der Waals surface area contributed by atoms with Crippen molar-refractivity contribution >= 4 is 5.78 Å². The van der Waals surface area contributed by atoms with Crippen LogP contribution in [0.2, 0.25) is 0 Å². The van der Waals surface area contributed by atoms with E-state index in [1.165, 1.54) is 0 Å². The van der Waals surface area contributed by atoms with Crippen LogP contribution in [0.15, 0.2) is 25.3 Å². The van der Waals surface area contributed by atoms with Gasteiger partial charge in [0.2, 0.25) is 0 Å². The van der Waals surface area contributed by atoms with E-state index in [0.717, 1.165) is 19.3 Å². The maximum atomic E-state index is 11.7. The van der Waals surface area contributed by atoms with Gasteiger partial charge in [0.1, 0.15) is 5.60 Å². The molecule has 2 nitrogen and oxygen atoms in total. The van der Waals surface area contributed by atoms with Crippen molar-refractivity contribution in [3.8, 4) is 0 Å². The molecule has 2 fully saturated rings. The molecule has 1 saturated carbocycles. The second-order valence-electron chi connectivity index (χ2n) is 4.17. The lowest BCUT2D eigenvalue weighted by Gasteiger charge is -2.07. The quantitative estimate of drug-likeness (QED) is 0.494. The molecule has 0 aromatic carbocycles. The molecule has 1 saturated heterocycles. The Balaban J connectivity index is 2.12. The number of fused-ring (bicyclic) bond motifs is 1. The number of hydrogen-bond acceptors (Lipinski definition) is 2. The van der Waals surface area contributed by atoms with Crippen molar-refractivity contribution in [1.29, 1.82) is 0 Å². The zero-order valence-electron chi connectivity index (χ0n) is 8.42. The third kappa shape index (κ3) is 1.04. The zero-order valence-corrected chi connectivity index (χ0v) is 8.42. The van der Waals surface area contributed by atoms with Gasteiger partial charge in [-0.3, -0.25) is 4.79 Å². The summed E-state index contributed by atoms with van der Waals surface area (Å²) < 4.78 is 5.71. The first-order valence-electron chi connectivity index (χ1n) is 5.16. The van der Waals surface area contributed by atoms with Crippen LogP contribution < -0.4 is 0 Å². The molecule has 1 aliphatic carbocycles. The number of hydrogen-bond donors (Lipinski definition) is 0. The van der Waals surface area contributed by atoms with Crippen LogP contribution >= 0.6 is 0 Å². The van der Waals surface area contributed by atoms with Crippen molar-refractivity contribution in [3.05, 3.63) is 25.3 Å². The highest BCUT2D eigenvalue weighted by Gasteiger charge is 2.75. The van der Waals surface area contributed by atoms with E-state index in [1.807, 2.05) is 6.08 Å². The SMILES string of the molecule is C=CCC[C@@]12CCC(=O)[C@]1(CC=C)O2. The van der Waals surface area contributed by atoms with Crippen molar-refractivity contribution in [2.45, 2.75) is 43.3 Å². The summed E-state index contributed by atoms with van der Waals surface area (Å²) in [5.74, 6) is 0.265. The van der Waals surface area contributed by atoms with Gasteiger partial charge in [-0.25, -0.2) is 0 Å². The van der Waals surface area contributed by atoms with Crippen molar-refractivity contribution in [2.75, 3.05) is 0 Å². The van der Waals surface area contributed by atoms with Crippen LogP contribution in [0.4, 0.5) is 0 Å². The molecule has 2 atom stereocenters. The summed E-state index contributed by atoms with van der Waals surface area (Å²) >= 11 is 0. The Morgan fingerprint density at radius 1 is 1.43 bits per heavy atom. The Morgan fingerprint density at radius 3 is 2.86 bits per heavy atom. The minimum atomic E-state index is -0.488. The van der Waals surface area contributed by atoms with E-state index in [0.29, 0.717) is 12.8 Å². The first kappa shape index (κ1) is 9.66. The number of allylic oxidation sites excluding steroid dienone is 1. The largest absolute Gasteiger partial charge is 0.354 e. The van der Waals surface area contributed by atoms with E-state index in [9.17, 15) is 4.79 Å². The minimum Gasteiger partial charge on any atom is -0.354 e. The highest BCUT2D eigenvalue weighted by atomic mass is 16.6. The van der Waals surface area contributed by atoms with Gasteiger partial charge in [0.15, 0.2) is 11.4 Å². The number of ether oxygens (including phenoxy) is 1. The topological polar surface area (TPSA) is 29.6 Å². The van der Waals surface area contributed by atoms with E-state index in [1.54, 1.807) is 6.08 Å². The van der Waals surface area contributed by atoms with E-state index in [-0.39, 0.29) is 11.4 Å². The summed E-state index contributed by atoms with van der Waals surface area (Å²) in [6.45, 7) is 7.39. The summed E-state index contributed by atoms with van der Waals surface area (Å²) in [4.78, 5) is 11.7. The van der Waals surface area contributed by atoms with Gasteiger partial charge in [0.25, 0.3) is 0 Å². The lowest BCUT2D eigenvalue weighted by Crippen LogP contribution is -2.25. The number of Topliss-reactive ketones (excluding diaryl/α,β-unsaturated/α-hetero) is 1. The molecule has 0 aromatic heterocycles. The number of ketones is 1. The molecule has 14 heavy (non-hydrogen) atoms. The number of carbonyl (C=O) groups is 1. The second-order valence-corrected chi connectivity index (χ2v) is 4.17. The van der Waals surface area contributed by atoms with Crippen LogP contribution in [0.1, 0.15) is 32.1 Å². The van der Waals surface area contributed by atoms with Crippen molar-refractivity contribution in [2.24, 2.45) is 0 Å². The summed E-state index contributed by atoms with van der Waals surface area (Å²) in [5, 5.41) is 0. The van der Waals surface area contributed by atoms with Crippen LogP contribution in [0.25, 0.3) is 0 Å². The Kier molecular flexibility index (Phi) is 2.11. The molecule has 2 heteroatoms. The standard InChI is InChI=1S/C12H16O2/c1-3-5-8-11-9-6-10(13)12(11,14-11)7-4-2/h3-4H,1-2,5-9H2/t11-,12+/m1/s1. The van der Waals surface area contributed by atoms with Crippen molar-refractivity contribution < 1.29 is 9.53 Å². The Bertz CT molecular complexity index is 291. The smallest absolute Gasteiger partial charge is 0.168 e. The van der Waals surface area contributed by atoms with Gasteiger partial charge in [-0.05, 0) is 19.3 Å². The van der Waals surface area contributed by atoms with Crippen LogP contribution in [0.5, 0.6) is 0 Å². The molecule has 0 N–H and O–H groups in total. The van der Waals surface area contributed by atoms with Gasteiger partial charge >= 0.3 is 0 Å². The molecule has 0 spiro atoms. The fourth-order valence-corrected chi connectivity index (χ4v) is 2.65. The summed E-state index contributed by atoms with van der Waals surface area (Å²) in [5.41, 5.74) is -0.649. The van der Waals surface area contributed by atoms with Crippen LogP contribution in [-0.4, -0.2) is 17.0 Å². The van der Waals surface area contributed by atoms with Gasteiger partial charge in [-0.2, -0.15) is 0 Å². The Hall–Kier alpha value is -0.890. The summed E-state index contributed by atoms with van der Waals surface area (Å²) in [7, 11) is 0. The zero-order chi connectivity index (χ0) is 10.2. The average Bonchev–Trinajstić information content (AvgIpc) is 2.75. The minimum absolute atomic E-state index is 0.160. The molecular formula is C12H16O2. The number of rotatable bonds is 5. The Labute approximate surface area is 84.6 Å². The van der Waals surface area contributed by atoms with E-state index in [4.69, 9.17) is 4.74 Å². The second kappa shape index (κ2) is 3.06. The van der Waals surface area contributed by atoms with Gasteiger partial charge in [0, 0.05) is 12.8 Å². The number of epoxide rings is 1. The maximum Gasteiger partial charge on any atom is 0.168 e. The average molecular weight is 192 g/mol. The van der Waals surface area contributed by atoms with Gasteiger partial charge in [-0.15, -0.1) is 13.2 Å². The third-order valence-electron chi connectivity index (χ3n) is 3.45. The fraction of sp³-hybridized carbons (Fsp3) is 0.583. The first-order valence-corrected chi connectivity index (χ1v) is 5.16. The van der Waals surface area contributed by atoms with Gasteiger partial charge in [0.05, 0.1) is 0 Å². The molecule has 0 radical (unpaired) electrons. The van der Waals surface area contributed by atoms with Crippen molar-refractivity contribution in [3.63, 3.8) is 0 Å². The lowest BCUT2D eigenvalue weighted by molar-refractivity contribution is -0.123. The molecule has 2 aliphatic rings. The molecular weight excluding hydrogens is 176 g/mol. The molecule has 76 valence electrons. The molecule has 0 unspecified atom stereocenters. The lowest BCUT2D eigenvalue weighted by atomic mass is 9.89. The molecule has 1 aliphatic heterocycles. The van der Waals surface area contributed by atoms with E-state index in [2.05, 4.69) is 13.2 Å². The molecule has 1 heterocycles. The van der Waals surface area contributed by atoms with E-state index >= 15 is 0 Å². The van der Waals surface area contributed by atoms with Crippen LogP contribution in [0.3, 0.4) is 0 Å². The van der Waals surface area contributed by atoms with Crippen molar-refractivity contribution in [1.82, 2.24) is 0 Å². The summed E-state index contributed by atoms with van der Waals surface area (Å²) in [6, 6.07) is 0. The molecule has 0 bridgehead atoms. The predicted molar refractivity (Wildman–Crippen MR) is 55.0 cm³/mol. The highest BCUT2D eigenvalue weighted by molar-refractivity contribution is 5.95. The van der Waals surface area contributed by atoms with Gasteiger partial charge in [-0.1, -0.05) is 12.2 Å². The Morgan fingerprint density at radius 2 is 2.21 bits per heavy atom. The first-order chi connectivity index (χ1) is 6.71. The summed E-state index contributed by atoms with van der Waals surface area (Å²) in [6.07, 6.45) is 7.75. The molecule has 0 aromatic rings. The normalized spacial score (nSPS) is 39.3. The van der Waals surface area contributed by atoms with E-state index < -0.39 is 5.60 Å². The van der Waals surface area contributed by atoms with Crippen LogP contribution in [-0.2, 0) is 9.53 Å². The third-order valence-corrected chi connectivity index (χ3v) is 3.45. The van der Waals surface area contributed by atoms with Gasteiger partial charge < -0.3 is 4.74 Å². The molecule has 0 amide bonds. The molecule has 2 rings (SSSR count). The fourth-order valence-electron chi connectivity index (χ4n) is 2.65. The van der Waals surface area contributed by atoms with Crippen LogP contribution in [0, 0.1) is 0 Å².